The van der Waals surface area contributed by atoms with Gasteiger partial charge in [-0.05, 0) is 221 Å². The first-order valence-corrected chi connectivity index (χ1v) is 19.4. The van der Waals surface area contributed by atoms with Crippen LogP contribution in [0.15, 0.2) is 109 Å². The first-order chi connectivity index (χ1) is 26.1. The Kier molecular flexibility index (Phi) is 6.31. The van der Waals surface area contributed by atoms with Gasteiger partial charge in [0.25, 0.3) is 0 Å². The van der Waals surface area contributed by atoms with Crippen LogP contribution < -0.4 is 0 Å². The summed E-state index contributed by atoms with van der Waals surface area (Å²) >= 11 is 0. The molecule has 0 aromatic heterocycles. The van der Waals surface area contributed by atoms with Crippen LogP contribution in [-0.4, -0.2) is 0 Å². The smallest absolute Gasteiger partial charge is 0.00172 e. The highest BCUT2D eigenvalue weighted by Crippen LogP contribution is 2.49. The zero-order valence-corrected chi connectivity index (χ0v) is 32.4. The van der Waals surface area contributed by atoms with Crippen LogP contribution in [0.25, 0.3) is 108 Å². The quantitative estimate of drug-likeness (QED) is 0.158. The summed E-state index contributed by atoms with van der Waals surface area (Å²) in [6, 6.07) is 43.0. The molecule has 0 unspecified atom stereocenters. The molecule has 0 spiro atoms. The Hall–Kier alpha value is -5.98. The number of benzene rings is 9. The summed E-state index contributed by atoms with van der Waals surface area (Å²) in [5, 5.41) is 21.7. The van der Waals surface area contributed by atoms with E-state index >= 15 is 0 Å². The van der Waals surface area contributed by atoms with Gasteiger partial charge in [-0.25, -0.2) is 0 Å². The van der Waals surface area contributed by atoms with E-state index in [9.17, 15) is 0 Å². The van der Waals surface area contributed by atoms with Crippen LogP contribution in [-0.2, 0) is 0 Å². The standard InChI is InChI=1S/C54H42/c1-27-19-31(5)49(32(6)20-27)35-11-15-37-39-13-9-29(3)51-41-17-18-42-46(45(41)25-47(53(39)51)43(37)23-35)26-48-44-24-36(50-33(7)21-28(2)22-34(50)8)12-16-38(44)40-14-10-30(4)52(42)54(40)48/h9-26H,1-8H3. The molecular weight excluding hydrogens is 649 g/mol. The molecule has 0 heteroatoms. The van der Waals surface area contributed by atoms with Crippen molar-refractivity contribution in [2.75, 3.05) is 0 Å². The van der Waals surface area contributed by atoms with Crippen molar-refractivity contribution in [3.8, 4) is 22.3 Å². The Bertz CT molecular complexity index is 3170. The zero-order valence-electron chi connectivity index (χ0n) is 32.4. The average Bonchev–Trinajstić information content (AvgIpc) is 3.61. The average molecular weight is 691 g/mol. The fourth-order valence-corrected chi connectivity index (χ4v) is 10.9. The SMILES string of the molecule is Cc1cc(C)c(-c2ccc3c(c2)c2cc4c5cc6c7cc(-c8c(C)cc(C)cc8C)ccc7c7ccc(C)c(c5ccc4c4c(C)ccc3c24)c76)c(C)c1. The van der Waals surface area contributed by atoms with E-state index in [2.05, 4.69) is 165 Å². The van der Waals surface area contributed by atoms with E-state index in [1.54, 1.807) is 0 Å². The van der Waals surface area contributed by atoms with Crippen LogP contribution in [0.4, 0.5) is 0 Å². The van der Waals surface area contributed by atoms with Crippen molar-refractivity contribution >= 4 is 86.2 Å². The molecule has 0 heterocycles. The number of fused-ring (bicyclic) bond motifs is 11. The van der Waals surface area contributed by atoms with Crippen LogP contribution >= 0.6 is 0 Å². The van der Waals surface area contributed by atoms with Crippen molar-refractivity contribution in [2.45, 2.75) is 55.4 Å². The van der Waals surface area contributed by atoms with E-state index in [-0.39, 0.29) is 0 Å². The maximum atomic E-state index is 2.54. The third-order valence-corrected chi connectivity index (χ3v) is 12.9. The van der Waals surface area contributed by atoms with Gasteiger partial charge >= 0.3 is 0 Å². The summed E-state index contributed by atoms with van der Waals surface area (Å²) in [5.41, 5.74) is 16.0. The Morgan fingerprint density at radius 1 is 0.222 bits per heavy atom. The van der Waals surface area contributed by atoms with E-state index in [1.165, 1.54) is 153 Å². The third kappa shape index (κ3) is 4.09. The Morgan fingerprint density at radius 2 is 0.537 bits per heavy atom. The lowest BCUT2D eigenvalue weighted by atomic mass is 9.89. The predicted molar refractivity (Wildman–Crippen MR) is 238 cm³/mol. The zero-order chi connectivity index (χ0) is 36.9. The van der Waals surface area contributed by atoms with Gasteiger partial charge in [-0.2, -0.15) is 0 Å². The summed E-state index contributed by atoms with van der Waals surface area (Å²) in [5.74, 6) is 0. The van der Waals surface area contributed by atoms with Gasteiger partial charge in [0, 0.05) is 0 Å². The third-order valence-electron chi connectivity index (χ3n) is 12.9. The number of hydrogen-bond acceptors (Lipinski definition) is 0. The van der Waals surface area contributed by atoms with Gasteiger partial charge in [-0.3, -0.25) is 0 Å². The molecule has 0 saturated heterocycles. The molecule has 11 aromatic carbocycles. The number of aryl methyl sites for hydroxylation is 8. The van der Waals surface area contributed by atoms with Crippen LogP contribution in [0.2, 0.25) is 0 Å². The molecule has 0 nitrogen and oxygen atoms in total. The fraction of sp³-hybridized carbons (Fsp3) is 0.148. The van der Waals surface area contributed by atoms with Crippen LogP contribution in [0, 0.1) is 55.4 Å². The molecule has 0 atom stereocenters. The number of rotatable bonds is 2. The molecule has 0 aliphatic heterocycles. The maximum absolute atomic E-state index is 2.54. The second-order valence-electron chi connectivity index (χ2n) is 16.5. The molecule has 0 aliphatic carbocycles. The predicted octanol–water partition coefficient (Wildman–Crippen LogP) is 15.6. The van der Waals surface area contributed by atoms with E-state index < -0.39 is 0 Å². The van der Waals surface area contributed by atoms with E-state index in [4.69, 9.17) is 0 Å². The second kappa shape index (κ2) is 10.8. The van der Waals surface area contributed by atoms with E-state index in [0.717, 1.165) is 0 Å². The number of hydrogen-bond donors (Lipinski definition) is 0. The van der Waals surface area contributed by atoms with Gasteiger partial charge in [0.15, 0.2) is 0 Å². The summed E-state index contributed by atoms with van der Waals surface area (Å²) < 4.78 is 0. The Labute approximate surface area is 316 Å². The highest BCUT2D eigenvalue weighted by atomic mass is 14.2. The minimum Gasteiger partial charge on any atom is -0.0580 e. The molecular formula is C54H42. The molecule has 54 heavy (non-hydrogen) atoms. The van der Waals surface area contributed by atoms with Gasteiger partial charge in [-0.15, -0.1) is 0 Å². The van der Waals surface area contributed by atoms with E-state index in [1.807, 2.05) is 0 Å². The van der Waals surface area contributed by atoms with Crippen LogP contribution in [0.3, 0.4) is 0 Å². The summed E-state index contributed by atoms with van der Waals surface area (Å²) in [7, 11) is 0. The molecule has 0 amide bonds. The second-order valence-corrected chi connectivity index (χ2v) is 16.5. The van der Waals surface area contributed by atoms with E-state index in [0.29, 0.717) is 0 Å². The first-order valence-electron chi connectivity index (χ1n) is 19.4. The molecule has 258 valence electrons. The minimum atomic E-state index is 1.30. The van der Waals surface area contributed by atoms with Crippen molar-refractivity contribution in [2.24, 2.45) is 0 Å². The van der Waals surface area contributed by atoms with Crippen molar-refractivity contribution in [1.29, 1.82) is 0 Å². The summed E-state index contributed by atoms with van der Waals surface area (Å²) in [6.07, 6.45) is 0. The first kappa shape index (κ1) is 31.5. The molecule has 0 saturated carbocycles. The van der Waals surface area contributed by atoms with Gasteiger partial charge in [0.1, 0.15) is 0 Å². The molecule has 11 rings (SSSR count). The monoisotopic (exact) mass is 690 g/mol. The fourth-order valence-electron chi connectivity index (χ4n) is 10.9. The molecule has 0 fully saturated rings. The minimum absolute atomic E-state index is 1.30. The van der Waals surface area contributed by atoms with Crippen LogP contribution in [0.5, 0.6) is 0 Å². The molecule has 11 aromatic rings. The van der Waals surface area contributed by atoms with Crippen LogP contribution in [0.1, 0.15) is 44.5 Å². The van der Waals surface area contributed by atoms with Crippen molar-refractivity contribution in [3.63, 3.8) is 0 Å². The topological polar surface area (TPSA) is 0 Å². The van der Waals surface area contributed by atoms with Gasteiger partial charge in [0.2, 0.25) is 0 Å². The normalized spacial score (nSPS) is 12.4. The Balaban J connectivity index is 1.28. The molecule has 0 bridgehead atoms. The lowest BCUT2D eigenvalue weighted by Crippen LogP contribution is -1.90. The summed E-state index contributed by atoms with van der Waals surface area (Å²) in [6.45, 7) is 18.0. The highest BCUT2D eigenvalue weighted by molar-refractivity contribution is 6.40. The van der Waals surface area contributed by atoms with Crippen molar-refractivity contribution in [3.05, 3.63) is 154 Å². The van der Waals surface area contributed by atoms with Gasteiger partial charge in [0.05, 0.1) is 0 Å². The largest absolute Gasteiger partial charge is 0.0580 e. The van der Waals surface area contributed by atoms with Crippen molar-refractivity contribution in [1.82, 2.24) is 0 Å². The van der Waals surface area contributed by atoms with Gasteiger partial charge in [-0.1, -0.05) is 96.1 Å². The Morgan fingerprint density at radius 3 is 0.926 bits per heavy atom. The van der Waals surface area contributed by atoms with Gasteiger partial charge < -0.3 is 0 Å². The maximum Gasteiger partial charge on any atom is -0.00172 e. The molecule has 0 N–H and O–H groups in total. The summed E-state index contributed by atoms with van der Waals surface area (Å²) in [4.78, 5) is 0. The lowest BCUT2D eigenvalue weighted by molar-refractivity contribution is 1.32. The lowest BCUT2D eigenvalue weighted by Gasteiger charge is -2.14. The molecule has 0 radical (unpaired) electrons. The molecule has 0 aliphatic rings. The highest BCUT2D eigenvalue weighted by Gasteiger charge is 2.22. The van der Waals surface area contributed by atoms with Crippen molar-refractivity contribution < 1.29 is 0 Å².